The summed E-state index contributed by atoms with van der Waals surface area (Å²) in [6.45, 7) is 2.24. The third-order valence-electron chi connectivity index (χ3n) is 2.72. The maximum absolute atomic E-state index is 11.3. The summed E-state index contributed by atoms with van der Waals surface area (Å²) in [6, 6.07) is 5.90. The van der Waals surface area contributed by atoms with Crippen molar-refractivity contribution in [3.05, 3.63) is 34.4 Å². The van der Waals surface area contributed by atoms with Crippen molar-refractivity contribution in [3.63, 3.8) is 0 Å². The summed E-state index contributed by atoms with van der Waals surface area (Å²) in [5, 5.41) is 10.6. The Labute approximate surface area is 104 Å². The van der Waals surface area contributed by atoms with Crippen molar-refractivity contribution in [3.8, 4) is 5.75 Å². The van der Waals surface area contributed by atoms with Crippen molar-refractivity contribution < 1.29 is 19.2 Å². The molecule has 2 rings (SSSR count). The van der Waals surface area contributed by atoms with E-state index >= 15 is 0 Å². The number of hydrogen-bond acceptors (Lipinski definition) is 5. The molecule has 1 fully saturated rings. The molecule has 6 heteroatoms. The molecule has 0 aliphatic heterocycles. The van der Waals surface area contributed by atoms with Gasteiger partial charge in [-0.3, -0.25) is 14.9 Å². The van der Waals surface area contributed by atoms with Crippen molar-refractivity contribution in [1.82, 2.24) is 0 Å². The molecule has 0 amide bonds. The van der Waals surface area contributed by atoms with Gasteiger partial charge in [0.15, 0.2) is 11.9 Å². The first-order valence-corrected chi connectivity index (χ1v) is 5.67. The molecule has 0 radical (unpaired) electrons. The molecule has 0 spiro atoms. The Kier molecular flexibility index (Phi) is 3.57. The van der Waals surface area contributed by atoms with E-state index in [0.29, 0.717) is 12.4 Å². The van der Waals surface area contributed by atoms with Crippen LogP contribution in [0.3, 0.4) is 0 Å². The number of Topliss-reactive ketones (excluding diaryl/α,β-unsaturated/α-hetero) is 1. The summed E-state index contributed by atoms with van der Waals surface area (Å²) in [4.78, 5) is 21.4. The topological polar surface area (TPSA) is 78.7 Å². The summed E-state index contributed by atoms with van der Waals surface area (Å²) < 4.78 is 10.8. The molecular formula is C12H13NO5. The normalized spacial score (nSPS) is 22.4. The van der Waals surface area contributed by atoms with Gasteiger partial charge in [0.25, 0.3) is 5.69 Å². The smallest absolute Gasteiger partial charge is 0.273 e. The number of ether oxygens (including phenoxy) is 2. The Morgan fingerprint density at radius 1 is 1.50 bits per heavy atom. The molecule has 0 bridgehead atoms. The minimum absolute atomic E-state index is 0.00674. The average Bonchev–Trinajstić information content (AvgIpc) is 2.36. The zero-order chi connectivity index (χ0) is 13.1. The second-order valence-electron chi connectivity index (χ2n) is 3.96. The molecule has 0 N–H and O–H groups in total. The molecule has 18 heavy (non-hydrogen) atoms. The third kappa shape index (κ3) is 2.48. The van der Waals surface area contributed by atoms with Crippen molar-refractivity contribution in [2.75, 3.05) is 6.61 Å². The van der Waals surface area contributed by atoms with Crippen LogP contribution in [0.1, 0.15) is 13.3 Å². The van der Waals surface area contributed by atoms with E-state index in [1.165, 1.54) is 12.1 Å². The zero-order valence-corrected chi connectivity index (χ0v) is 9.87. The lowest BCUT2D eigenvalue weighted by atomic mass is 9.90. The lowest BCUT2D eigenvalue weighted by Crippen LogP contribution is -2.52. The fraction of sp³-hybridized carbons (Fsp3) is 0.417. The Morgan fingerprint density at radius 2 is 2.28 bits per heavy atom. The SMILES string of the molecule is CCOC1C(=O)CC1Oc1cccc([N+](=O)[O-])c1. The van der Waals surface area contributed by atoms with E-state index in [9.17, 15) is 14.9 Å². The van der Waals surface area contributed by atoms with Crippen LogP contribution in [0.2, 0.25) is 0 Å². The van der Waals surface area contributed by atoms with Gasteiger partial charge in [-0.15, -0.1) is 0 Å². The molecule has 2 unspecified atom stereocenters. The van der Waals surface area contributed by atoms with E-state index < -0.39 is 11.0 Å². The molecule has 2 atom stereocenters. The van der Waals surface area contributed by atoms with Gasteiger partial charge in [-0.1, -0.05) is 6.07 Å². The molecule has 1 aliphatic rings. The number of benzene rings is 1. The van der Waals surface area contributed by atoms with Crippen molar-refractivity contribution in [2.45, 2.75) is 25.6 Å². The molecule has 0 saturated heterocycles. The number of rotatable bonds is 5. The molecule has 1 aromatic rings. The highest BCUT2D eigenvalue weighted by Gasteiger charge is 2.42. The van der Waals surface area contributed by atoms with Crippen molar-refractivity contribution >= 4 is 11.5 Å². The molecule has 1 aromatic carbocycles. The maximum atomic E-state index is 11.3. The lowest BCUT2D eigenvalue weighted by Gasteiger charge is -2.34. The third-order valence-corrected chi connectivity index (χ3v) is 2.72. The number of non-ortho nitro benzene ring substituents is 1. The second kappa shape index (κ2) is 5.14. The van der Waals surface area contributed by atoms with Gasteiger partial charge < -0.3 is 9.47 Å². The molecule has 96 valence electrons. The number of carbonyl (C=O) groups excluding carboxylic acids is 1. The van der Waals surface area contributed by atoms with E-state index in [4.69, 9.17) is 9.47 Å². The van der Waals surface area contributed by atoms with Crippen LogP contribution in [0, 0.1) is 10.1 Å². The van der Waals surface area contributed by atoms with E-state index in [1.54, 1.807) is 19.1 Å². The van der Waals surface area contributed by atoms with E-state index in [0.717, 1.165) is 0 Å². The van der Waals surface area contributed by atoms with Crippen LogP contribution in [0.25, 0.3) is 0 Å². The van der Waals surface area contributed by atoms with Crippen LogP contribution in [0.15, 0.2) is 24.3 Å². The van der Waals surface area contributed by atoms with Gasteiger partial charge >= 0.3 is 0 Å². The Bertz CT molecular complexity index is 473. The van der Waals surface area contributed by atoms with Crippen LogP contribution in [-0.4, -0.2) is 29.5 Å². The Morgan fingerprint density at radius 3 is 2.89 bits per heavy atom. The summed E-state index contributed by atoms with van der Waals surface area (Å²) >= 11 is 0. The molecule has 1 aliphatic carbocycles. The first-order chi connectivity index (χ1) is 8.61. The first kappa shape index (κ1) is 12.5. The lowest BCUT2D eigenvalue weighted by molar-refractivity contribution is -0.385. The number of nitrogens with zero attached hydrogens (tertiary/aromatic N) is 1. The standard InChI is InChI=1S/C12H13NO5/c1-2-17-12-10(14)7-11(12)18-9-5-3-4-8(6-9)13(15)16/h3-6,11-12H,2,7H2,1H3. The van der Waals surface area contributed by atoms with Crippen molar-refractivity contribution in [2.24, 2.45) is 0 Å². The van der Waals surface area contributed by atoms with Crippen LogP contribution in [0.5, 0.6) is 5.75 Å². The Balaban J connectivity index is 2.03. The summed E-state index contributed by atoms with van der Waals surface area (Å²) in [5.41, 5.74) is -0.0360. The first-order valence-electron chi connectivity index (χ1n) is 5.67. The monoisotopic (exact) mass is 251 g/mol. The van der Waals surface area contributed by atoms with Gasteiger partial charge in [0, 0.05) is 19.1 Å². The van der Waals surface area contributed by atoms with Crippen LogP contribution in [0.4, 0.5) is 5.69 Å². The van der Waals surface area contributed by atoms with Gasteiger partial charge in [0.05, 0.1) is 11.0 Å². The number of nitro groups is 1. The highest BCUT2D eigenvalue weighted by atomic mass is 16.6. The van der Waals surface area contributed by atoms with Crippen LogP contribution in [-0.2, 0) is 9.53 Å². The number of nitro benzene ring substituents is 1. The minimum atomic E-state index is -0.547. The van der Waals surface area contributed by atoms with E-state index in [2.05, 4.69) is 0 Å². The largest absolute Gasteiger partial charge is 0.487 e. The van der Waals surface area contributed by atoms with Crippen LogP contribution < -0.4 is 4.74 Å². The fourth-order valence-corrected chi connectivity index (χ4v) is 1.80. The molecule has 1 saturated carbocycles. The highest BCUT2D eigenvalue weighted by molar-refractivity contribution is 5.90. The summed E-state index contributed by atoms with van der Waals surface area (Å²) in [6.07, 6.45) is -0.610. The minimum Gasteiger partial charge on any atom is -0.487 e. The molecular weight excluding hydrogens is 238 g/mol. The predicted octanol–water partition coefficient (Wildman–Crippen LogP) is 1.72. The van der Waals surface area contributed by atoms with Gasteiger partial charge in [-0.2, -0.15) is 0 Å². The number of carbonyl (C=O) groups is 1. The molecule has 6 nitrogen and oxygen atoms in total. The average molecular weight is 251 g/mol. The van der Waals surface area contributed by atoms with Gasteiger partial charge in [-0.25, -0.2) is 0 Å². The highest BCUT2D eigenvalue weighted by Crippen LogP contribution is 2.27. The second-order valence-corrected chi connectivity index (χ2v) is 3.96. The van der Waals surface area contributed by atoms with E-state index in [1.807, 2.05) is 0 Å². The zero-order valence-electron chi connectivity index (χ0n) is 9.87. The maximum Gasteiger partial charge on any atom is 0.273 e. The number of ketones is 1. The Hall–Kier alpha value is -1.95. The van der Waals surface area contributed by atoms with Gasteiger partial charge in [0.1, 0.15) is 11.9 Å². The number of hydrogen-bond donors (Lipinski definition) is 0. The quantitative estimate of drug-likeness (QED) is 0.588. The van der Waals surface area contributed by atoms with Gasteiger partial charge in [-0.05, 0) is 13.0 Å². The predicted molar refractivity (Wildman–Crippen MR) is 62.6 cm³/mol. The molecule has 0 heterocycles. The van der Waals surface area contributed by atoms with Gasteiger partial charge in [0.2, 0.25) is 0 Å². The summed E-state index contributed by atoms with van der Waals surface area (Å²) in [7, 11) is 0. The summed E-state index contributed by atoms with van der Waals surface area (Å²) in [5.74, 6) is 0.388. The van der Waals surface area contributed by atoms with Crippen molar-refractivity contribution in [1.29, 1.82) is 0 Å². The van der Waals surface area contributed by atoms with Crippen LogP contribution >= 0.6 is 0 Å². The fourth-order valence-electron chi connectivity index (χ4n) is 1.80. The molecule has 0 aromatic heterocycles. The van der Waals surface area contributed by atoms with E-state index in [-0.39, 0.29) is 24.0 Å².